The molecule has 12 heteroatoms. The van der Waals surface area contributed by atoms with Gasteiger partial charge in [0.25, 0.3) is 0 Å². The third kappa shape index (κ3) is 5.79. The molecule has 2 aromatic carbocycles. The second-order valence-corrected chi connectivity index (χ2v) is 14.2. The van der Waals surface area contributed by atoms with Crippen LogP contribution < -0.4 is 10.2 Å². The third-order valence-electron chi connectivity index (χ3n) is 7.33. The molecule has 0 radical (unpaired) electrons. The number of hydrogen-bond donors (Lipinski definition) is 2. The molecule has 220 valence electrons. The van der Waals surface area contributed by atoms with Crippen LogP contribution >= 0.6 is 0 Å². The Morgan fingerprint density at radius 2 is 1.76 bits per heavy atom. The molecule has 2 aromatic rings. The first-order valence-electron chi connectivity index (χ1n) is 13.4. The zero-order chi connectivity index (χ0) is 30.3. The topological polar surface area (TPSA) is 146 Å². The van der Waals surface area contributed by atoms with Crippen molar-refractivity contribution in [3.8, 4) is 11.1 Å². The molecule has 11 nitrogen and oxygen atoms in total. The summed E-state index contributed by atoms with van der Waals surface area (Å²) in [5, 5.41) is 11.9. The number of rotatable bonds is 4. The highest BCUT2D eigenvalue weighted by atomic mass is 32.2. The van der Waals surface area contributed by atoms with Crippen LogP contribution in [-0.2, 0) is 14.6 Å². The number of anilines is 1. The Labute approximate surface area is 240 Å². The maximum atomic E-state index is 13.7. The number of nitrogens with one attached hydrogen (secondary N) is 1. The average Bonchev–Trinajstić information content (AvgIpc) is 3.12. The number of amides is 4. The molecule has 2 fully saturated rings. The van der Waals surface area contributed by atoms with Gasteiger partial charge in [-0.05, 0) is 78.1 Å². The van der Waals surface area contributed by atoms with Crippen LogP contribution in [-0.4, -0.2) is 71.5 Å². The van der Waals surface area contributed by atoms with Gasteiger partial charge in [-0.2, -0.15) is 4.99 Å². The van der Waals surface area contributed by atoms with E-state index in [4.69, 9.17) is 4.74 Å². The Balaban J connectivity index is 1.83. The van der Waals surface area contributed by atoms with Gasteiger partial charge in [-0.25, -0.2) is 22.8 Å². The molecule has 0 aromatic heterocycles. The predicted molar refractivity (Wildman–Crippen MR) is 155 cm³/mol. The van der Waals surface area contributed by atoms with Gasteiger partial charge in [-0.3, -0.25) is 10.2 Å². The molecule has 2 aliphatic heterocycles. The standard InChI is InChI=1S/C29H36N4O7S/c1-18(2)41(38,39)21-13-11-20(12-14-21)22-9-7-8-10-23(22)33-25(34)30-24(31-26(35)40-28(4,5)6)29(33)15-16-32(27(36)37)19(3)17-29/h7-14,18-19H,15-17H2,1-6H3,(H,36,37)(H,30,31,34,35). The summed E-state index contributed by atoms with van der Waals surface area (Å²) in [4.78, 5) is 45.5. The number of para-hydroxylation sites is 1. The molecule has 41 heavy (non-hydrogen) atoms. The summed E-state index contributed by atoms with van der Waals surface area (Å²) in [6, 6.07) is 12.6. The summed E-state index contributed by atoms with van der Waals surface area (Å²) < 4.78 is 30.7. The summed E-state index contributed by atoms with van der Waals surface area (Å²) in [5.74, 6) is 0.0989. The monoisotopic (exact) mass is 584 g/mol. The smallest absolute Gasteiger partial charge is 0.435 e. The molecule has 1 spiro atoms. The molecule has 0 bridgehead atoms. The minimum atomic E-state index is -3.47. The number of carboxylic acid groups (broad SMARTS) is 1. The fraction of sp³-hybridized carbons (Fsp3) is 0.448. The van der Waals surface area contributed by atoms with Gasteiger partial charge in [-0.1, -0.05) is 30.3 Å². The second-order valence-electron chi connectivity index (χ2n) is 11.7. The predicted octanol–water partition coefficient (Wildman–Crippen LogP) is 5.30. The highest BCUT2D eigenvalue weighted by Gasteiger charge is 2.56. The largest absolute Gasteiger partial charge is 0.465 e. The van der Waals surface area contributed by atoms with Crippen molar-refractivity contribution in [1.29, 1.82) is 0 Å². The number of ether oxygens (including phenoxy) is 1. The van der Waals surface area contributed by atoms with Crippen molar-refractivity contribution in [2.75, 3.05) is 11.4 Å². The lowest BCUT2D eigenvalue weighted by Crippen LogP contribution is -2.60. The number of piperidine rings is 1. The minimum Gasteiger partial charge on any atom is -0.465 e. The number of amidine groups is 1. The van der Waals surface area contributed by atoms with Crippen LogP contribution in [0.4, 0.5) is 20.1 Å². The molecular weight excluding hydrogens is 548 g/mol. The molecule has 2 saturated heterocycles. The van der Waals surface area contributed by atoms with Gasteiger partial charge >= 0.3 is 18.2 Å². The summed E-state index contributed by atoms with van der Waals surface area (Å²) in [7, 11) is -3.47. The van der Waals surface area contributed by atoms with Crippen molar-refractivity contribution < 1.29 is 32.6 Å². The first kappa shape index (κ1) is 30.0. The van der Waals surface area contributed by atoms with Crippen LogP contribution in [0.2, 0.25) is 0 Å². The number of hydrogen-bond acceptors (Lipinski definition) is 6. The van der Waals surface area contributed by atoms with E-state index in [0.29, 0.717) is 16.8 Å². The number of carbonyl (C=O) groups is 3. The second kappa shape index (κ2) is 10.8. The zero-order valence-electron chi connectivity index (χ0n) is 24.0. The number of sulfone groups is 1. The first-order chi connectivity index (χ1) is 19.1. The summed E-state index contributed by atoms with van der Waals surface area (Å²) >= 11 is 0. The van der Waals surface area contributed by atoms with E-state index in [9.17, 15) is 27.9 Å². The molecule has 2 atom stereocenters. The van der Waals surface area contributed by atoms with Crippen molar-refractivity contribution >= 4 is 39.6 Å². The maximum Gasteiger partial charge on any atom is 0.435 e. The normalized spacial score (nSPS) is 22.4. The fourth-order valence-corrected chi connectivity index (χ4v) is 6.42. The van der Waals surface area contributed by atoms with Crippen molar-refractivity contribution in [3.05, 3.63) is 48.5 Å². The maximum absolute atomic E-state index is 13.7. The Hall–Kier alpha value is -3.93. The average molecular weight is 585 g/mol. The highest BCUT2D eigenvalue weighted by molar-refractivity contribution is 7.92. The lowest BCUT2D eigenvalue weighted by molar-refractivity contribution is 0.0599. The van der Waals surface area contributed by atoms with Gasteiger partial charge < -0.3 is 14.7 Å². The van der Waals surface area contributed by atoms with Crippen molar-refractivity contribution in [1.82, 2.24) is 10.2 Å². The molecule has 2 aliphatic rings. The van der Waals surface area contributed by atoms with Crippen molar-refractivity contribution in [2.45, 2.75) is 81.7 Å². The number of nitrogens with zero attached hydrogens (tertiary/aromatic N) is 3. The molecule has 2 unspecified atom stereocenters. The summed E-state index contributed by atoms with van der Waals surface area (Å²) in [6.07, 6.45) is -1.57. The van der Waals surface area contributed by atoms with Crippen LogP contribution in [0.5, 0.6) is 0 Å². The fourth-order valence-electron chi connectivity index (χ4n) is 5.36. The van der Waals surface area contributed by atoms with Crippen LogP contribution in [0.3, 0.4) is 0 Å². The van der Waals surface area contributed by atoms with E-state index < -0.39 is 50.5 Å². The Morgan fingerprint density at radius 3 is 2.32 bits per heavy atom. The van der Waals surface area contributed by atoms with Gasteiger partial charge in [0.05, 0.1) is 15.8 Å². The number of aliphatic imine (C=N–C) groups is 1. The number of carbonyl (C=O) groups excluding carboxylic acids is 2. The van der Waals surface area contributed by atoms with Gasteiger partial charge in [0.15, 0.2) is 9.84 Å². The lowest BCUT2D eigenvalue weighted by atomic mass is 9.81. The Kier molecular flexibility index (Phi) is 7.92. The van der Waals surface area contributed by atoms with E-state index in [1.807, 2.05) is 12.1 Å². The molecule has 0 aliphatic carbocycles. The highest BCUT2D eigenvalue weighted by Crippen LogP contribution is 2.43. The van der Waals surface area contributed by atoms with E-state index in [1.165, 1.54) is 4.90 Å². The van der Waals surface area contributed by atoms with Gasteiger partial charge in [0, 0.05) is 18.2 Å². The minimum absolute atomic E-state index is 0.0989. The Bertz CT molecular complexity index is 1500. The quantitative estimate of drug-likeness (QED) is 0.496. The number of urea groups is 1. The van der Waals surface area contributed by atoms with Crippen molar-refractivity contribution in [3.63, 3.8) is 0 Å². The zero-order valence-corrected chi connectivity index (χ0v) is 24.9. The van der Waals surface area contributed by atoms with Crippen LogP contribution in [0, 0.1) is 0 Å². The van der Waals surface area contributed by atoms with Gasteiger partial charge in [0.1, 0.15) is 17.0 Å². The molecule has 2 N–H and O–H groups in total. The number of likely N-dealkylation sites (tertiary alicyclic amines) is 1. The van der Waals surface area contributed by atoms with E-state index >= 15 is 0 Å². The van der Waals surface area contributed by atoms with E-state index in [2.05, 4.69) is 10.3 Å². The summed E-state index contributed by atoms with van der Waals surface area (Å²) in [6.45, 7) is 10.2. The summed E-state index contributed by atoms with van der Waals surface area (Å²) in [5.41, 5.74) is -0.119. The van der Waals surface area contributed by atoms with Gasteiger partial charge in [-0.15, -0.1) is 0 Å². The van der Waals surface area contributed by atoms with Crippen molar-refractivity contribution in [2.24, 2.45) is 4.99 Å². The van der Waals surface area contributed by atoms with Crippen LogP contribution in [0.15, 0.2) is 58.4 Å². The van der Waals surface area contributed by atoms with Crippen LogP contribution in [0.25, 0.3) is 11.1 Å². The molecule has 4 amide bonds. The lowest BCUT2D eigenvalue weighted by Gasteiger charge is -2.46. The van der Waals surface area contributed by atoms with Gasteiger partial charge in [0.2, 0.25) is 0 Å². The van der Waals surface area contributed by atoms with E-state index in [-0.39, 0.29) is 30.1 Å². The first-order valence-corrected chi connectivity index (χ1v) is 15.0. The number of benzene rings is 2. The molecule has 4 rings (SSSR count). The Morgan fingerprint density at radius 1 is 1.12 bits per heavy atom. The molecule has 2 heterocycles. The molecule has 0 saturated carbocycles. The third-order valence-corrected chi connectivity index (χ3v) is 9.50. The van der Waals surface area contributed by atoms with Crippen LogP contribution in [0.1, 0.15) is 54.4 Å². The van der Waals surface area contributed by atoms with E-state index in [1.54, 1.807) is 82.8 Å². The molecular formula is C29H36N4O7S. The van der Waals surface area contributed by atoms with E-state index in [0.717, 1.165) is 0 Å². The SMILES string of the molecule is CC1CC2(CCN1C(=O)O)C(=NC(=O)OC(C)(C)C)NC(=O)N2c1ccccc1-c1ccc(S(=O)(=O)C(C)C)cc1.